The molecule has 0 bridgehead atoms. The molecule has 2 N–H and O–H groups in total. The van der Waals surface area contributed by atoms with E-state index < -0.39 is 0 Å². The van der Waals surface area contributed by atoms with Crippen LogP contribution in [0.4, 0.5) is 5.69 Å². The predicted octanol–water partition coefficient (Wildman–Crippen LogP) is 3.10. The maximum absolute atomic E-state index is 12.7. The van der Waals surface area contributed by atoms with Gasteiger partial charge in [0.2, 0.25) is 0 Å². The van der Waals surface area contributed by atoms with Crippen LogP contribution in [0.5, 0.6) is 0 Å². The zero-order chi connectivity index (χ0) is 20.2. The first-order valence-corrected chi connectivity index (χ1v) is 9.24. The Bertz CT molecular complexity index is 1070. The molecule has 0 atom stereocenters. The number of carbonyl (C=O) groups excluding carboxylic acids is 2. The molecule has 3 heterocycles. The van der Waals surface area contributed by atoms with Gasteiger partial charge >= 0.3 is 0 Å². The van der Waals surface area contributed by atoms with Crippen molar-refractivity contribution in [2.24, 2.45) is 5.10 Å². The van der Waals surface area contributed by atoms with Crippen LogP contribution in [0, 0.1) is 6.92 Å². The zero-order valence-corrected chi connectivity index (χ0v) is 15.8. The number of amides is 2. The van der Waals surface area contributed by atoms with Crippen LogP contribution in [-0.2, 0) is 6.42 Å². The summed E-state index contributed by atoms with van der Waals surface area (Å²) in [6.07, 6.45) is 8.53. The van der Waals surface area contributed by atoms with Crippen LogP contribution >= 0.6 is 0 Å². The van der Waals surface area contributed by atoms with Gasteiger partial charge in [0.25, 0.3) is 11.8 Å². The first-order valence-electron chi connectivity index (χ1n) is 9.24. The summed E-state index contributed by atoms with van der Waals surface area (Å²) in [5.74, 6) is 0.295. The molecule has 2 amide bonds. The van der Waals surface area contributed by atoms with Crippen molar-refractivity contribution in [2.75, 3.05) is 5.32 Å². The van der Waals surface area contributed by atoms with E-state index in [2.05, 4.69) is 25.8 Å². The van der Waals surface area contributed by atoms with Crippen molar-refractivity contribution in [2.45, 2.75) is 26.2 Å². The molecule has 8 heteroatoms. The topological polar surface area (TPSA) is 109 Å². The van der Waals surface area contributed by atoms with E-state index in [4.69, 9.17) is 4.42 Å². The van der Waals surface area contributed by atoms with Gasteiger partial charge in [0.1, 0.15) is 5.76 Å². The number of hydrazone groups is 1. The Morgan fingerprint density at radius 3 is 2.66 bits per heavy atom. The lowest BCUT2D eigenvalue weighted by Gasteiger charge is -2.13. The largest absolute Gasteiger partial charge is 0.455 e. The second-order valence-corrected chi connectivity index (χ2v) is 6.64. The van der Waals surface area contributed by atoms with Crippen LogP contribution in [-0.4, -0.2) is 27.5 Å². The molecule has 3 aromatic rings. The van der Waals surface area contributed by atoms with Crippen LogP contribution in [0.2, 0.25) is 0 Å². The molecular weight excluding hydrogens is 370 g/mol. The number of rotatable bonds is 4. The Hall–Kier alpha value is -3.81. The van der Waals surface area contributed by atoms with Crippen molar-refractivity contribution >= 4 is 23.2 Å². The van der Waals surface area contributed by atoms with E-state index in [1.165, 1.54) is 0 Å². The maximum Gasteiger partial charge on any atom is 0.291 e. The van der Waals surface area contributed by atoms with Gasteiger partial charge in [-0.2, -0.15) is 5.10 Å². The fraction of sp³-hybridized carbons (Fsp3) is 0.190. The van der Waals surface area contributed by atoms with Crippen molar-refractivity contribution in [1.29, 1.82) is 0 Å². The number of aromatic nitrogens is 2. The molecule has 0 aliphatic heterocycles. The minimum atomic E-state index is -0.343. The summed E-state index contributed by atoms with van der Waals surface area (Å²) in [5.41, 5.74) is 5.85. The van der Waals surface area contributed by atoms with Gasteiger partial charge in [-0.1, -0.05) is 0 Å². The standard InChI is InChI=1S/C21H19N5O3/c1-13-18-16(25-26-20(27)14-7-10-22-11-8-14)5-2-6-17(18)29-19(13)21(28)24-15-4-3-9-23-12-15/h3-4,7-12H,2,5-6H2,1H3,(H,24,28)(H,26,27)/b25-16+. The number of hydrogen-bond acceptors (Lipinski definition) is 6. The summed E-state index contributed by atoms with van der Waals surface area (Å²) >= 11 is 0. The highest BCUT2D eigenvalue weighted by Gasteiger charge is 2.28. The highest BCUT2D eigenvalue weighted by molar-refractivity contribution is 6.09. The summed E-state index contributed by atoms with van der Waals surface area (Å²) in [6, 6.07) is 6.73. The maximum atomic E-state index is 12.7. The van der Waals surface area contributed by atoms with Crippen LogP contribution in [0.1, 0.15) is 50.6 Å². The van der Waals surface area contributed by atoms with Gasteiger partial charge in [-0.3, -0.25) is 19.6 Å². The van der Waals surface area contributed by atoms with Crippen LogP contribution < -0.4 is 10.7 Å². The second-order valence-electron chi connectivity index (χ2n) is 6.64. The summed E-state index contributed by atoms with van der Waals surface area (Å²) in [4.78, 5) is 32.8. The quantitative estimate of drug-likeness (QED) is 0.667. The van der Waals surface area contributed by atoms with E-state index in [-0.39, 0.29) is 17.6 Å². The molecule has 146 valence electrons. The summed E-state index contributed by atoms with van der Waals surface area (Å²) in [7, 11) is 0. The molecule has 0 radical (unpaired) electrons. The van der Waals surface area contributed by atoms with Crippen LogP contribution in [0.25, 0.3) is 0 Å². The number of anilines is 1. The lowest BCUT2D eigenvalue weighted by atomic mass is 9.93. The normalized spacial score (nSPS) is 14.3. The molecule has 0 unspecified atom stereocenters. The predicted molar refractivity (Wildman–Crippen MR) is 107 cm³/mol. The SMILES string of the molecule is Cc1c(C(=O)Nc2cccnc2)oc2c1/C(=N/NC(=O)c1ccncc1)CCC2. The molecule has 29 heavy (non-hydrogen) atoms. The van der Waals surface area contributed by atoms with Crippen molar-refractivity contribution in [3.63, 3.8) is 0 Å². The number of hydrogen-bond donors (Lipinski definition) is 2. The number of carbonyl (C=O) groups is 2. The van der Waals surface area contributed by atoms with E-state index in [1.807, 2.05) is 6.92 Å². The average molecular weight is 389 g/mol. The number of nitrogens with zero attached hydrogens (tertiary/aromatic N) is 3. The van der Waals surface area contributed by atoms with Gasteiger partial charge in [0.15, 0.2) is 5.76 Å². The van der Waals surface area contributed by atoms with E-state index in [9.17, 15) is 9.59 Å². The minimum absolute atomic E-state index is 0.244. The molecule has 8 nitrogen and oxygen atoms in total. The summed E-state index contributed by atoms with van der Waals surface area (Å²) < 4.78 is 5.86. The van der Waals surface area contributed by atoms with Gasteiger partial charge in [-0.05, 0) is 44.0 Å². The minimum Gasteiger partial charge on any atom is -0.455 e. The van der Waals surface area contributed by atoms with Gasteiger partial charge in [-0.25, -0.2) is 5.43 Å². The van der Waals surface area contributed by atoms with E-state index in [0.717, 1.165) is 12.0 Å². The molecule has 0 saturated heterocycles. The first-order chi connectivity index (χ1) is 14.1. The van der Waals surface area contributed by atoms with Gasteiger partial charge < -0.3 is 9.73 Å². The summed E-state index contributed by atoms with van der Waals surface area (Å²) in [5, 5.41) is 7.10. The van der Waals surface area contributed by atoms with Gasteiger partial charge in [-0.15, -0.1) is 0 Å². The molecule has 1 aliphatic rings. The number of nitrogens with one attached hydrogen (secondary N) is 2. The lowest BCUT2D eigenvalue weighted by molar-refractivity contribution is 0.0953. The molecule has 0 saturated carbocycles. The third-order valence-electron chi connectivity index (χ3n) is 4.69. The monoisotopic (exact) mass is 389 g/mol. The Morgan fingerprint density at radius 1 is 1.07 bits per heavy atom. The Kier molecular flexibility index (Phi) is 5.15. The number of furan rings is 1. The van der Waals surface area contributed by atoms with Crippen molar-refractivity contribution < 1.29 is 14.0 Å². The Balaban J connectivity index is 1.57. The molecule has 1 aliphatic carbocycles. The molecular formula is C21H19N5O3. The second kappa shape index (κ2) is 8.05. The van der Waals surface area contributed by atoms with E-state index >= 15 is 0 Å². The molecule has 0 aromatic carbocycles. The fourth-order valence-corrected chi connectivity index (χ4v) is 3.31. The number of fused-ring (bicyclic) bond motifs is 1. The smallest absolute Gasteiger partial charge is 0.291 e. The van der Waals surface area contributed by atoms with Gasteiger partial charge in [0, 0.05) is 41.7 Å². The average Bonchev–Trinajstić information content (AvgIpc) is 3.10. The lowest BCUT2D eigenvalue weighted by Crippen LogP contribution is -2.22. The third kappa shape index (κ3) is 3.91. The van der Waals surface area contributed by atoms with Crippen molar-refractivity contribution in [3.05, 3.63) is 77.3 Å². The molecule has 0 spiro atoms. The molecule has 0 fully saturated rings. The Labute approximate surface area is 167 Å². The van der Waals surface area contributed by atoms with Crippen LogP contribution in [0.3, 0.4) is 0 Å². The highest BCUT2D eigenvalue weighted by Crippen LogP contribution is 2.30. The van der Waals surface area contributed by atoms with Crippen molar-refractivity contribution in [3.8, 4) is 0 Å². The Morgan fingerprint density at radius 2 is 1.90 bits per heavy atom. The third-order valence-corrected chi connectivity index (χ3v) is 4.69. The number of pyridine rings is 2. The van der Waals surface area contributed by atoms with Crippen molar-refractivity contribution in [1.82, 2.24) is 15.4 Å². The highest BCUT2D eigenvalue weighted by atomic mass is 16.4. The molecule has 3 aromatic heterocycles. The van der Waals surface area contributed by atoms with Gasteiger partial charge in [0.05, 0.1) is 17.6 Å². The number of aryl methyl sites for hydroxylation is 1. The summed E-state index contributed by atoms with van der Waals surface area (Å²) in [6.45, 7) is 1.83. The van der Waals surface area contributed by atoms with E-state index in [0.29, 0.717) is 41.1 Å². The fourth-order valence-electron chi connectivity index (χ4n) is 3.31. The van der Waals surface area contributed by atoms with Crippen LogP contribution in [0.15, 0.2) is 58.6 Å². The van der Waals surface area contributed by atoms with E-state index in [1.54, 1.807) is 49.1 Å². The molecule has 4 rings (SSSR count). The zero-order valence-electron chi connectivity index (χ0n) is 15.8. The first kappa shape index (κ1) is 18.5.